The number of amides is 1. The van der Waals surface area contributed by atoms with Crippen molar-refractivity contribution in [3.8, 4) is 0 Å². The number of aromatic nitrogens is 1. The lowest BCUT2D eigenvalue weighted by molar-refractivity contribution is -0.127. The monoisotopic (exact) mass is 239 g/mol. The van der Waals surface area contributed by atoms with Crippen LogP contribution in [0, 0.1) is 0 Å². The molecule has 1 aliphatic carbocycles. The molecule has 0 saturated heterocycles. The number of hydrogen-bond acceptors (Lipinski definition) is 4. The molecular weight excluding hydrogens is 222 g/mol. The third kappa shape index (κ3) is 2.59. The molecule has 2 rings (SSSR count). The third-order valence-corrected chi connectivity index (χ3v) is 3.75. The Hall–Kier alpha value is -0.940. The van der Waals surface area contributed by atoms with Gasteiger partial charge in [-0.25, -0.2) is 4.98 Å². The summed E-state index contributed by atoms with van der Waals surface area (Å²) in [7, 11) is 0. The number of nitrogens with two attached hydrogens (primary N) is 1. The van der Waals surface area contributed by atoms with Crippen molar-refractivity contribution in [3.05, 3.63) is 16.6 Å². The molecular formula is C11H17N3OS. The molecule has 0 aliphatic heterocycles. The maximum Gasteiger partial charge on any atom is 0.240 e. The van der Waals surface area contributed by atoms with Gasteiger partial charge in [0, 0.05) is 5.38 Å². The number of thiazole rings is 1. The number of nitrogens with one attached hydrogen (secondary N) is 1. The molecule has 88 valence electrons. The van der Waals surface area contributed by atoms with Gasteiger partial charge in [0.15, 0.2) is 0 Å². The molecule has 1 fully saturated rings. The van der Waals surface area contributed by atoms with E-state index in [9.17, 15) is 4.79 Å². The lowest BCUT2D eigenvalue weighted by Gasteiger charge is -2.31. The fraction of sp³-hybridized carbons (Fsp3) is 0.636. The Labute approximate surface area is 99.3 Å². The minimum Gasteiger partial charge on any atom is -0.349 e. The highest BCUT2D eigenvalue weighted by atomic mass is 32.1. The van der Waals surface area contributed by atoms with Gasteiger partial charge in [-0.2, -0.15) is 0 Å². The van der Waals surface area contributed by atoms with Crippen molar-refractivity contribution in [1.82, 2.24) is 10.3 Å². The Balaban J connectivity index is 1.87. The summed E-state index contributed by atoms with van der Waals surface area (Å²) in [5, 5.41) is 4.81. The van der Waals surface area contributed by atoms with E-state index in [-0.39, 0.29) is 5.91 Å². The van der Waals surface area contributed by atoms with Gasteiger partial charge in [0.25, 0.3) is 0 Å². The van der Waals surface area contributed by atoms with Gasteiger partial charge in [-0.05, 0) is 12.8 Å². The van der Waals surface area contributed by atoms with Gasteiger partial charge in [0.1, 0.15) is 0 Å². The molecule has 1 saturated carbocycles. The lowest BCUT2D eigenvalue weighted by atomic mass is 9.82. The van der Waals surface area contributed by atoms with E-state index in [1.807, 2.05) is 5.38 Å². The van der Waals surface area contributed by atoms with Crippen molar-refractivity contribution < 1.29 is 4.79 Å². The minimum atomic E-state index is -0.645. The second-order valence-electron chi connectivity index (χ2n) is 4.38. The van der Waals surface area contributed by atoms with Crippen LogP contribution in [-0.4, -0.2) is 16.4 Å². The molecule has 0 aromatic carbocycles. The third-order valence-electron chi connectivity index (χ3n) is 3.11. The summed E-state index contributed by atoms with van der Waals surface area (Å²) in [5.41, 5.74) is 8.13. The summed E-state index contributed by atoms with van der Waals surface area (Å²) >= 11 is 1.53. The minimum absolute atomic E-state index is 0.0276. The number of hydrogen-bond donors (Lipinski definition) is 2. The fourth-order valence-electron chi connectivity index (χ4n) is 2.08. The molecule has 1 heterocycles. The van der Waals surface area contributed by atoms with Crippen molar-refractivity contribution >= 4 is 17.2 Å². The summed E-state index contributed by atoms with van der Waals surface area (Å²) in [4.78, 5) is 16.1. The van der Waals surface area contributed by atoms with E-state index in [4.69, 9.17) is 5.73 Å². The fourth-order valence-corrected chi connectivity index (χ4v) is 2.64. The predicted octanol–water partition coefficient (Wildman–Crippen LogP) is 1.42. The number of nitrogens with zero attached hydrogens (tertiary/aromatic N) is 1. The van der Waals surface area contributed by atoms with E-state index < -0.39 is 5.54 Å². The quantitative estimate of drug-likeness (QED) is 0.838. The standard InChI is InChI=1S/C11H17N3OS/c12-11(4-2-1-3-5-11)10(15)13-6-9-7-16-8-14-9/h7-8H,1-6,12H2,(H,13,15). The molecule has 5 heteroatoms. The Morgan fingerprint density at radius 2 is 2.25 bits per heavy atom. The van der Waals surface area contributed by atoms with E-state index in [0.29, 0.717) is 6.54 Å². The number of carbonyl (C=O) groups excluding carboxylic acids is 1. The van der Waals surface area contributed by atoms with E-state index in [2.05, 4.69) is 10.3 Å². The van der Waals surface area contributed by atoms with Gasteiger partial charge in [-0.1, -0.05) is 19.3 Å². The van der Waals surface area contributed by atoms with Crippen LogP contribution in [0.3, 0.4) is 0 Å². The summed E-state index contributed by atoms with van der Waals surface area (Å²) < 4.78 is 0. The van der Waals surface area contributed by atoms with Crippen LogP contribution >= 0.6 is 11.3 Å². The number of carbonyl (C=O) groups is 1. The highest BCUT2D eigenvalue weighted by Gasteiger charge is 2.34. The average Bonchev–Trinajstić information content (AvgIpc) is 2.79. The zero-order chi connectivity index (χ0) is 11.4. The maximum absolute atomic E-state index is 12.0. The van der Waals surface area contributed by atoms with Crippen LogP contribution in [0.4, 0.5) is 0 Å². The average molecular weight is 239 g/mol. The molecule has 0 spiro atoms. The van der Waals surface area contributed by atoms with Gasteiger partial charge in [0.2, 0.25) is 5.91 Å². The topological polar surface area (TPSA) is 68.0 Å². The summed E-state index contributed by atoms with van der Waals surface area (Å²) in [6.45, 7) is 0.487. The Kier molecular flexibility index (Phi) is 3.56. The largest absolute Gasteiger partial charge is 0.349 e. The second-order valence-corrected chi connectivity index (χ2v) is 5.10. The van der Waals surface area contributed by atoms with Crippen molar-refractivity contribution in [3.63, 3.8) is 0 Å². The molecule has 0 atom stereocenters. The van der Waals surface area contributed by atoms with Crippen LogP contribution in [0.1, 0.15) is 37.8 Å². The molecule has 0 bridgehead atoms. The van der Waals surface area contributed by atoms with E-state index >= 15 is 0 Å². The molecule has 3 N–H and O–H groups in total. The second kappa shape index (κ2) is 4.93. The molecule has 1 aromatic heterocycles. The number of rotatable bonds is 3. The Bertz CT molecular complexity index is 344. The molecule has 1 aliphatic rings. The normalized spacial score (nSPS) is 19.3. The SMILES string of the molecule is NC1(C(=O)NCc2cscn2)CCCCC1. The van der Waals surface area contributed by atoms with Gasteiger partial charge < -0.3 is 11.1 Å². The zero-order valence-electron chi connectivity index (χ0n) is 9.24. The zero-order valence-corrected chi connectivity index (χ0v) is 10.1. The Morgan fingerprint density at radius 1 is 1.50 bits per heavy atom. The van der Waals surface area contributed by atoms with Crippen LogP contribution < -0.4 is 11.1 Å². The van der Waals surface area contributed by atoms with E-state index in [1.54, 1.807) is 5.51 Å². The van der Waals surface area contributed by atoms with Crippen LogP contribution in [0.2, 0.25) is 0 Å². The highest BCUT2D eigenvalue weighted by molar-refractivity contribution is 7.07. The van der Waals surface area contributed by atoms with Gasteiger partial charge in [0.05, 0.1) is 23.3 Å². The summed E-state index contributed by atoms with van der Waals surface area (Å²) in [6.07, 6.45) is 4.91. The molecule has 16 heavy (non-hydrogen) atoms. The van der Waals surface area contributed by atoms with Crippen LogP contribution in [-0.2, 0) is 11.3 Å². The Morgan fingerprint density at radius 3 is 2.88 bits per heavy atom. The van der Waals surface area contributed by atoms with E-state index in [0.717, 1.165) is 31.4 Å². The molecule has 1 aromatic rings. The molecule has 4 nitrogen and oxygen atoms in total. The first-order valence-electron chi connectivity index (χ1n) is 5.65. The summed E-state index contributed by atoms with van der Waals surface area (Å²) in [6, 6.07) is 0. The van der Waals surface area contributed by atoms with Gasteiger partial charge in [-0.3, -0.25) is 4.79 Å². The molecule has 0 unspecified atom stereocenters. The lowest BCUT2D eigenvalue weighted by Crippen LogP contribution is -2.54. The first-order valence-corrected chi connectivity index (χ1v) is 6.59. The first-order chi connectivity index (χ1) is 7.71. The molecule has 0 radical (unpaired) electrons. The van der Waals surface area contributed by atoms with Crippen molar-refractivity contribution in [1.29, 1.82) is 0 Å². The van der Waals surface area contributed by atoms with Gasteiger partial charge in [-0.15, -0.1) is 11.3 Å². The maximum atomic E-state index is 12.0. The predicted molar refractivity (Wildman–Crippen MR) is 64.0 cm³/mol. The van der Waals surface area contributed by atoms with Gasteiger partial charge >= 0.3 is 0 Å². The summed E-state index contributed by atoms with van der Waals surface area (Å²) in [5.74, 6) is -0.0276. The van der Waals surface area contributed by atoms with E-state index in [1.165, 1.54) is 17.8 Å². The van der Waals surface area contributed by atoms with Crippen molar-refractivity contribution in [2.45, 2.75) is 44.2 Å². The first kappa shape index (κ1) is 11.5. The van der Waals surface area contributed by atoms with Crippen LogP contribution in [0.25, 0.3) is 0 Å². The smallest absolute Gasteiger partial charge is 0.240 e. The molecule has 1 amide bonds. The van der Waals surface area contributed by atoms with Crippen molar-refractivity contribution in [2.75, 3.05) is 0 Å². The van der Waals surface area contributed by atoms with Crippen molar-refractivity contribution in [2.24, 2.45) is 5.73 Å². The van der Waals surface area contributed by atoms with Crippen LogP contribution in [0.15, 0.2) is 10.9 Å². The van der Waals surface area contributed by atoms with Crippen LogP contribution in [0.5, 0.6) is 0 Å². The highest BCUT2D eigenvalue weighted by Crippen LogP contribution is 2.25.